The number of aliphatic carboxylic acids is 1. The van der Waals surface area contributed by atoms with Crippen LogP contribution in [0.4, 0.5) is 0 Å². The fraction of sp³-hybridized carbons (Fsp3) is 0.304. The normalized spacial score (nSPS) is 14.1. The van der Waals surface area contributed by atoms with Crippen LogP contribution in [0.3, 0.4) is 0 Å². The average molecular weight is 422 g/mol. The highest BCUT2D eigenvalue weighted by atomic mass is 16.5. The van der Waals surface area contributed by atoms with E-state index in [1.165, 1.54) is 24.5 Å². The molecule has 1 aromatic carbocycles. The molecule has 3 aromatic rings. The van der Waals surface area contributed by atoms with Crippen LogP contribution in [0.15, 0.2) is 35.1 Å². The molecule has 0 saturated heterocycles. The summed E-state index contributed by atoms with van der Waals surface area (Å²) in [6, 6.07) is 9.21. The van der Waals surface area contributed by atoms with Gasteiger partial charge in [0.1, 0.15) is 6.61 Å². The first-order valence-corrected chi connectivity index (χ1v) is 9.93. The van der Waals surface area contributed by atoms with Crippen LogP contribution in [-0.4, -0.2) is 31.7 Å². The Morgan fingerprint density at radius 1 is 1.29 bits per heavy atom. The minimum atomic E-state index is -2.31. The number of carboxylic acid groups (broad SMARTS) is 1. The Labute approximate surface area is 177 Å². The molecule has 1 atom stereocenters. The van der Waals surface area contributed by atoms with Crippen molar-refractivity contribution in [2.45, 2.75) is 45.9 Å². The smallest absolute Gasteiger partial charge is 0.340 e. The standard InChI is InChI=1S/C23H22N2O6/c1-4-23(30,22(28)29)17-9-19-20-14(8-15-12(2)6-5-7-18(15)24-20)10-25(19)21(27)16(17)11-31-13(3)26/h5-9,30H,4,10-11H2,1-3H3,(H,28,29). The van der Waals surface area contributed by atoms with Crippen molar-refractivity contribution < 1.29 is 24.5 Å². The van der Waals surface area contributed by atoms with Gasteiger partial charge in [0.15, 0.2) is 5.60 Å². The van der Waals surface area contributed by atoms with E-state index in [0.717, 1.165) is 22.0 Å². The number of aromatic nitrogens is 2. The van der Waals surface area contributed by atoms with E-state index in [1.54, 1.807) is 0 Å². The lowest BCUT2D eigenvalue weighted by Crippen LogP contribution is -2.39. The van der Waals surface area contributed by atoms with Crippen molar-refractivity contribution in [1.82, 2.24) is 9.55 Å². The number of carbonyl (C=O) groups is 2. The van der Waals surface area contributed by atoms with Crippen molar-refractivity contribution in [2.75, 3.05) is 0 Å². The summed E-state index contributed by atoms with van der Waals surface area (Å²) in [5, 5.41) is 21.6. The van der Waals surface area contributed by atoms with Gasteiger partial charge in [-0.05, 0) is 37.1 Å². The van der Waals surface area contributed by atoms with Gasteiger partial charge < -0.3 is 19.5 Å². The van der Waals surface area contributed by atoms with Crippen molar-refractivity contribution in [3.05, 3.63) is 62.9 Å². The van der Waals surface area contributed by atoms with Crippen LogP contribution in [0.5, 0.6) is 0 Å². The van der Waals surface area contributed by atoms with E-state index in [2.05, 4.69) is 0 Å². The van der Waals surface area contributed by atoms with Crippen molar-refractivity contribution in [3.63, 3.8) is 0 Å². The molecular formula is C23H22N2O6. The monoisotopic (exact) mass is 422 g/mol. The molecule has 2 N–H and O–H groups in total. The number of aliphatic hydroxyl groups is 1. The van der Waals surface area contributed by atoms with Gasteiger partial charge in [-0.1, -0.05) is 19.1 Å². The summed E-state index contributed by atoms with van der Waals surface area (Å²) in [5.41, 5.74) is 0.675. The molecule has 0 spiro atoms. The predicted octanol–water partition coefficient (Wildman–Crippen LogP) is 2.48. The largest absolute Gasteiger partial charge is 0.479 e. The molecule has 160 valence electrons. The van der Waals surface area contributed by atoms with Crippen LogP contribution in [0, 0.1) is 6.92 Å². The van der Waals surface area contributed by atoms with Gasteiger partial charge in [-0.2, -0.15) is 0 Å². The maximum Gasteiger partial charge on any atom is 0.340 e. The van der Waals surface area contributed by atoms with E-state index in [4.69, 9.17) is 9.72 Å². The maximum atomic E-state index is 13.3. The highest BCUT2D eigenvalue weighted by Gasteiger charge is 2.41. The molecule has 8 nitrogen and oxygen atoms in total. The van der Waals surface area contributed by atoms with Gasteiger partial charge in [0.2, 0.25) is 0 Å². The summed E-state index contributed by atoms with van der Waals surface area (Å²) in [4.78, 5) is 41.4. The van der Waals surface area contributed by atoms with E-state index in [9.17, 15) is 24.6 Å². The minimum absolute atomic E-state index is 0.0563. The number of rotatable bonds is 5. The van der Waals surface area contributed by atoms with Crippen LogP contribution in [0.1, 0.15) is 42.5 Å². The molecule has 1 aliphatic heterocycles. The quantitative estimate of drug-likeness (QED) is 0.474. The van der Waals surface area contributed by atoms with Gasteiger partial charge in [0.05, 0.1) is 29.0 Å². The van der Waals surface area contributed by atoms with Gasteiger partial charge in [-0.3, -0.25) is 9.59 Å². The van der Waals surface area contributed by atoms with Crippen LogP contribution in [0.2, 0.25) is 0 Å². The Kier molecular flexibility index (Phi) is 4.89. The van der Waals surface area contributed by atoms with Crippen LogP contribution >= 0.6 is 0 Å². The number of nitrogens with zero attached hydrogens (tertiary/aromatic N) is 2. The highest BCUT2D eigenvalue weighted by molar-refractivity contribution is 5.87. The lowest BCUT2D eigenvalue weighted by Gasteiger charge is -2.25. The third-order valence-electron chi connectivity index (χ3n) is 5.86. The number of hydrogen-bond acceptors (Lipinski definition) is 6. The first-order valence-electron chi connectivity index (χ1n) is 9.93. The summed E-state index contributed by atoms with van der Waals surface area (Å²) in [7, 11) is 0. The number of esters is 1. The van der Waals surface area contributed by atoms with Crippen molar-refractivity contribution in [2.24, 2.45) is 0 Å². The second kappa shape index (κ2) is 7.31. The van der Waals surface area contributed by atoms with Gasteiger partial charge in [0, 0.05) is 23.4 Å². The van der Waals surface area contributed by atoms with Crippen LogP contribution in [-0.2, 0) is 33.1 Å². The van der Waals surface area contributed by atoms with Crippen LogP contribution in [0.25, 0.3) is 22.3 Å². The minimum Gasteiger partial charge on any atom is -0.479 e. The zero-order valence-corrected chi connectivity index (χ0v) is 17.4. The van der Waals surface area contributed by atoms with Gasteiger partial charge >= 0.3 is 11.9 Å². The third-order valence-corrected chi connectivity index (χ3v) is 5.86. The van der Waals surface area contributed by atoms with Gasteiger partial charge in [-0.25, -0.2) is 9.78 Å². The average Bonchev–Trinajstić information content (AvgIpc) is 3.09. The number of aryl methyl sites for hydroxylation is 1. The van der Waals surface area contributed by atoms with E-state index < -0.39 is 29.7 Å². The van der Waals surface area contributed by atoms with Gasteiger partial charge in [0.25, 0.3) is 5.56 Å². The topological polar surface area (TPSA) is 119 Å². The van der Waals surface area contributed by atoms with E-state index in [-0.39, 0.29) is 24.1 Å². The van der Waals surface area contributed by atoms with Crippen molar-refractivity contribution >= 4 is 22.8 Å². The Bertz CT molecular complexity index is 1310. The van der Waals surface area contributed by atoms with Crippen molar-refractivity contribution in [1.29, 1.82) is 0 Å². The summed E-state index contributed by atoms with van der Waals surface area (Å²) in [6.45, 7) is 4.52. The highest BCUT2D eigenvalue weighted by Crippen LogP contribution is 2.36. The second-order valence-electron chi connectivity index (χ2n) is 7.75. The zero-order chi connectivity index (χ0) is 22.5. The molecule has 8 heteroatoms. The number of ether oxygens (including phenoxy) is 1. The molecule has 1 aliphatic rings. The Morgan fingerprint density at radius 2 is 2.03 bits per heavy atom. The molecule has 2 aromatic heterocycles. The molecular weight excluding hydrogens is 400 g/mol. The van der Waals surface area contributed by atoms with E-state index in [0.29, 0.717) is 11.4 Å². The predicted molar refractivity (Wildman–Crippen MR) is 113 cm³/mol. The van der Waals surface area contributed by atoms with Gasteiger partial charge in [-0.15, -0.1) is 0 Å². The summed E-state index contributed by atoms with van der Waals surface area (Å²) < 4.78 is 6.49. The first kappa shape index (κ1) is 20.7. The molecule has 0 bridgehead atoms. The number of pyridine rings is 2. The SMILES string of the molecule is CCC(O)(C(=O)O)c1cc2n(c(=O)c1COC(C)=O)Cc1cc3c(C)cccc3nc1-2. The lowest BCUT2D eigenvalue weighted by molar-refractivity contribution is -0.160. The Hall–Kier alpha value is -3.52. The number of fused-ring (bicyclic) bond motifs is 4. The molecule has 0 fully saturated rings. The fourth-order valence-electron chi connectivity index (χ4n) is 4.08. The van der Waals surface area contributed by atoms with E-state index >= 15 is 0 Å². The number of carbonyl (C=O) groups excluding carboxylic acids is 1. The summed E-state index contributed by atoms with van der Waals surface area (Å²) in [5.74, 6) is -2.10. The van der Waals surface area contributed by atoms with Crippen LogP contribution < -0.4 is 5.56 Å². The fourth-order valence-corrected chi connectivity index (χ4v) is 4.08. The lowest BCUT2D eigenvalue weighted by atomic mass is 9.87. The Balaban J connectivity index is 2.00. The molecule has 0 saturated carbocycles. The summed E-state index contributed by atoms with van der Waals surface area (Å²) >= 11 is 0. The molecule has 1 unspecified atom stereocenters. The Morgan fingerprint density at radius 3 is 2.68 bits per heavy atom. The molecule has 0 radical (unpaired) electrons. The molecule has 3 heterocycles. The maximum absolute atomic E-state index is 13.3. The molecule has 31 heavy (non-hydrogen) atoms. The number of hydrogen-bond donors (Lipinski definition) is 2. The molecule has 4 rings (SSSR count). The molecule has 0 aliphatic carbocycles. The van der Waals surface area contributed by atoms with E-state index in [1.807, 2.05) is 31.2 Å². The summed E-state index contributed by atoms with van der Waals surface area (Å²) in [6.07, 6.45) is -0.171. The second-order valence-corrected chi connectivity index (χ2v) is 7.75. The third kappa shape index (κ3) is 3.19. The molecule has 0 amide bonds. The first-order chi connectivity index (χ1) is 14.7. The zero-order valence-electron chi connectivity index (χ0n) is 17.4. The number of benzene rings is 1. The number of carboxylic acids is 1. The van der Waals surface area contributed by atoms with Crippen molar-refractivity contribution in [3.8, 4) is 11.4 Å².